The van der Waals surface area contributed by atoms with Crippen molar-refractivity contribution in [3.8, 4) is 5.75 Å². The number of hydrogen-bond donors (Lipinski definition) is 1. The average Bonchev–Trinajstić information content (AvgIpc) is 2.34. The normalized spacial score (nSPS) is 10.5. The summed E-state index contributed by atoms with van der Waals surface area (Å²) in [7, 11) is 0. The lowest BCUT2D eigenvalue weighted by Gasteiger charge is -2.11. The Kier molecular flexibility index (Phi) is 4.69. The number of halogens is 4. The zero-order valence-electron chi connectivity index (χ0n) is 9.59. The largest absolute Gasteiger partial charge is 0.487 e. The van der Waals surface area contributed by atoms with E-state index in [0.29, 0.717) is 31.5 Å². The molecule has 0 heterocycles. The van der Waals surface area contributed by atoms with Crippen LogP contribution in [-0.2, 0) is 6.61 Å². The fourth-order valence-corrected chi connectivity index (χ4v) is 2.25. The summed E-state index contributed by atoms with van der Waals surface area (Å²) in [6.45, 7) is 0.262. The molecule has 0 atom stereocenters. The van der Waals surface area contributed by atoms with Crippen molar-refractivity contribution >= 4 is 52.1 Å². The van der Waals surface area contributed by atoms with Crippen LogP contribution >= 0.6 is 46.4 Å². The summed E-state index contributed by atoms with van der Waals surface area (Å²) in [6, 6.07) is 8.30. The van der Waals surface area contributed by atoms with Crippen molar-refractivity contribution in [1.29, 1.82) is 0 Å². The van der Waals surface area contributed by atoms with Crippen LogP contribution < -0.4 is 10.5 Å². The topological polar surface area (TPSA) is 35.2 Å². The van der Waals surface area contributed by atoms with Crippen LogP contribution in [0.3, 0.4) is 0 Å². The quantitative estimate of drug-likeness (QED) is 0.755. The number of ether oxygens (including phenoxy) is 1. The molecule has 0 fully saturated rings. The fourth-order valence-electron chi connectivity index (χ4n) is 1.46. The highest BCUT2D eigenvalue weighted by atomic mass is 35.5. The first-order valence-electron chi connectivity index (χ1n) is 5.28. The van der Waals surface area contributed by atoms with Gasteiger partial charge in [-0.25, -0.2) is 0 Å². The second kappa shape index (κ2) is 6.10. The molecule has 2 aromatic rings. The molecular formula is C13H9Cl4NO. The summed E-state index contributed by atoms with van der Waals surface area (Å²) < 4.78 is 5.58. The van der Waals surface area contributed by atoms with Crippen LogP contribution in [-0.4, -0.2) is 0 Å². The summed E-state index contributed by atoms with van der Waals surface area (Å²) in [5.41, 5.74) is 7.01. The summed E-state index contributed by atoms with van der Waals surface area (Å²) >= 11 is 23.6. The Bertz CT molecular complexity index is 616. The molecular weight excluding hydrogens is 328 g/mol. The highest BCUT2D eigenvalue weighted by Crippen LogP contribution is 2.33. The zero-order chi connectivity index (χ0) is 14.0. The smallest absolute Gasteiger partial charge is 0.144 e. The first kappa shape index (κ1) is 14.6. The summed E-state index contributed by atoms with van der Waals surface area (Å²) in [6.07, 6.45) is 0. The monoisotopic (exact) mass is 335 g/mol. The van der Waals surface area contributed by atoms with Crippen LogP contribution in [0, 0.1) is 0 Å². The highest BCUT2D eigenvalue weighted by Gasteiger charge is 2.08. The molecule has 0 aliphatic rings. The second-order valence-corrected chi connectivity index (χ2v) is 5.49. The van der Waals surface area contributed by atoms with Gasteiger partial charge in [0, 0.05) is 21.7 Å². The third-order valence-corrected chi connectivity index (χ3v) is 3.76. The SMILES string of the molecule is Nc1cc(Cl)c(Cl)cc1OCc1ccc(Cl)cc1Cl. The molecule has 0 spiro atoms. The van der Waals surface area contributed by atoms with Gasteiger partial charge in [-0.3, -0.25) is 0 Å². The summed E-state index contributed by atoms with van der Waals surface area (Å²) in [5, 5.41) is 1.87. The van der Waals surface area contributed by atoms with Gasteiger partial charge in [-0.15, -0.1) is 0 Å². The van der Waals surface area contributed by atoms with E-state index in [1.165, 1.54) is 0 Å². The minimum atomic E-state index is 0.262. The van der Waals surface area contributed by atoms with Gasteiger partial charge in [-0.05, 0) is 18.2 Å². The average molecular weight is 337 g/mol. The van der Waals surface area contributed by atoms with E-state index in [2.05, 4.69) is 0 Å². The maximum Gasteiger partial charge on any atom is 0.144 e. The first-order chi connectivity index (χ1) is 8.97. The van der Waals surface area contributed by atoms with Gasteiger partial charge in [-0.1, -0.05) is 52.5 Å². The van der Waals surface area contributed by atoms with E-state index >= 15 is 0 Å². The molecule has 0 amide bonds. The Morgan fingerprint density at radius 2 is 1.58 bits per heavy atom. The van der Waals surface area contributed by atoms with Crippen molar-refractivity contribution in [3.63, 3.8) is 0 Å². The van der Waals surface area contributed by atoms with Gasteiger partial charge in [0.15, 0.2) is 0 Å². The molecule has 2 N–H and O–H groups in total. The van der Waals surface area contributed by atoms with Gasteiger partial charge >= 0.3 is 0 Å². The molecule has 0 saturated carbocycles. The number of benzene rings is 2. The maximum atomic E-state index is 6.05. The number of hydrogen-bond acceptors (Lipinski definition) is 2. The van der Waals surface area contributed by atoms with Crippen LogP contribution in [0.5, 0.6) is 5.75 Å². The Morgan fingerprint density at radius 3 is 2.26 bits per heavy atom. The minimum absolute atomic E-state index is 0.262. The molecule has 19 heavy (non-hydrogen) atoms. The fraction of sp³-hybridized carbons (Fsp3) is 0.0769. The van der Waals surface area contributed by atoms with Crippen molar-refractivity contribution in [2.45, 2.75) is 6.61 Å². The van der Waals surface area contributed by atoms with Crippen molar-refractivity contribution < 1.29 is 4.74 Å². The van der Waals surface area contributed by atoms with Crippen molar-refractivity contribution in [2.24, 2.45) is 0 Å². The van der Waals surface area contributed by atoms with Crippen LogP contribution in [0.2, 0.25) is 20.1 Å². The van der Waals surface area contributed by atoms with Gasteiger partial charge in [0.1, 0.15) is 12.4 Å². The maximum absolute atomic E-state index is 6.05. The van der Waals surface area contributed by atoms with E-state index in [0.717, 1.165) is 5.56 Å². The first-order valence-corrected chi connectivity index (χ1v) is 6.80. The Hall–Kier alpha value is -0.800. The minimum Gasteiger partial charge on any atom is -0.487 e. The molecule has 0 unspecified atom stereocenters. The van der Waals surface area contributed by atoms with Crippen molar-refractivity contribution in [2.75, 3.05) is 5.73 Å². The van der Waals surface area contributed by atoms with Gasteiger partial charge < -0.3 is 10.5 Å². The van der Waals surface area contributed by atoms with Crippen LogP contribution in [0.15, 0.2) is 30.3 Å². The zero-order valence-corrected chi connectivity index (χ0v) is 12.6. The number of anilines is 1. The molecule has 0 radical (unpaired) electrons. The second-order valence-electron chi connectivity index (χ2n) is 3.83. The van der Waals surface area contributed by atoms with Crippen LogP contribution in [0.1, 0.15) is 5.56 Å². The standard InChI is InChI=1S/C13H9Cl4NO/c14-8-2-1-7(9(15)3-8)6-19-13-5-11(17)10(16)4-12(13)18/h1-5H,6,18H2. The van der Waals surface area contributed by atoms with Gasteiger partial charge in [0.25, 0.3) is 0 Å². The molecule has 0 saturated heterocycles. The third-order valence-electron chi connectivity index (χ3n) is 2.45. The van der Waals surface area contributed by atoms with E-state index < -0.39 is 0 Å². The Morgan fingerprint density at radius 1 is 0.895 bits per heavy atom. The Balaban J connectivity index is 2.16. The molecule has 2 rings (SSSR count). The van der Waals surface area contributed by atoms with E-state index in [4.69, 9.17) is 56.9 Å². The predicted molar refractivity (Wildman–Crippen MR) is 81.7 cm³/mol. The van der Waals surface area contributed by atoms with E-state index in [-0.39, 0.29) is 6.61 Å². The molecule has 0 aliphatic carbocycles. The van der Waals surface area contributed by atoms with E-state index in [9.17, 15) is 0 Å². The molecule has 0 aromatic heterocycles. The molecule has 2 nitrogen and oxygen atoms in total. The lowest BCUT2D eigenvalue weighted by molar-refractivity contribution is 0.308. The highest BCUT2D eigenvalue weighted by molar-refractivity contribution is 6.42. The molecule has 0 bridgehead atoms. The van der Waals surface area contributed by atoms with Gasteiger partial charge in [0.05, 0.1) is 15.7 Å². The molecule has 6 heteroatoms. The van der Waals surface area contributed by atoms with E-state index in [1.807, 2.05) is 0 Å². The van der Waals surface area contributed by atoms with E-state index in [1.54, 1.807) is 30.3 Å². The number of nitrogens with two attached hydrogens (primary N) is 1. The van der Waals surface area contributed by atoms with Crippen molar-refractivity contribution in [1.82, 2.24) is 0 Å². The predicted octanol–water partition coefficient (Wildman–Crippen LogP) is 5.46. The Labute approximate surface area is 131 Å². The lowest BCUT2D eigenvalue weighted by atomic mass is 10.2. The van der Waals surface area contributed by atoms with Crippen LogP contribution in [0.25, 0.3) is 0 Å². The molecule has 2 aromatic carbocycles. The number of rotatable bonds is 3. The van der Waals surface area contributed by atoms with Gasteiger partial charge in [-0.2, -0.15) is 0 Å². The number of nitrogen functional groups attached to an aromatic ring is 1. The molecule has 100 valence electrons. The van der Waals surface area contributed by atoms with Crippen LogP contribution in [0.4, 0.5) is 5.69 Å². The van der Waals surface area contributed by atoms with Crippen molar-refractivity contribution in [3.05, 3.63) is 56.0 Å². The lowest BCUT2D eigenvalue weighted by Crippen LogP contribution is -1.99. The van der Waals surface area contributed by atoms with Gasteiger partial charge in [0.2, 0.25) is 0 Å². The summed E-state index contributed by atoms with van der Waals surface area (Å²) in [4.78, 5) is 0. The third kappa shape index (κ3) is 3.61. The molecule has 0 aliphatic heterocycles. The summed E-state index contributed by atoms with van der Waals surface area (Å²) in [5.74, 6) is 0.459.